The second-order valence-corrected chi connectivity index (χ2v) is 4.44. The second kappa shape index (κ2) is 5.66. The molecule has 0 atom stereocenters. The minimum absolute atomic E-state index is 0.0262. The Morgan fingerprint density at radius 3 is 2.38 bits per heavy atom. The van der Waals surface area contributed by atoms with Crippen LogP contribution in [0.1, 0.15) is 5.56 Å². The number of halogens is 5. The van der Waals surface area contributed by atoms with E-state index in [9.17, 15) is 17.6 Å². The van der Waals surface area contributed by atoms with Gasteiger partial charge in [-0.1, -0.05) is 23.6 Å². The van der Waals surface area contributed by atoms with Gasteiger partial charge >= 0.3 is 6.36 Å². The van der Waals surface area contributed by atoms with E-state index in [0.717, 1.165) is 12.1 Å². The fraction of sp³-hybridized carbons (Fsp3) is 0.0667. The maximum absolute atomic E-state index is 13.5. The largest absolute Gasteiger partial charge is 0.573 e. The molecule has 0 amide bonds. The monoisotopic (exact) mass is 314 g/mol. The van der Waals surface area contributed by atoms with E-state index in [1.54, 1.807) is 0 Å². The Bertz CT molecular complexity index is 717. The van der Waals surface area contributed by atoms with Crippen molar-refractivity contribution < 1.29 is 22.3 Å². The van der Waals surface area contributed by atoms with E-state index in [1.807, 2.05) is 0 Å². The van der Waals surface area contributed by atoms with E-state index in [0.29, 0.717) is 5.56 Å². The van der Waals surface area contributed by atoms with Gasteiger partial charge in [0.15, 0.2) is 0 Å². The molecule has 0 saturated heterocycles. The number of alkyl halides is 3. The molecular formula is C15H7ClF4O. The van der Waals surface area contributed by atoms with E-state index < -0.39 is 17.9 Å². The van der Waals surface area contributed by atoms with Crippen LogP contribution in [0.5, 0.6) is 5.75 Å². The van der Waals surface area contributed by atoms with E-state index in [4.69, 9.17) is 18.0 Å². The number of ether oxygens (including phenoxy) is 1. The minimum atomic E-state index is -4.86. The van der Waals surface area contributed by atoms with E-state index >= 15 is 0 Å². The summed E-state index contributed by atoms with van der Waals surface area (Å²) in [4.78, 5) is 0. The molecule has 0 heterocycles. The van der Waals surface area contributed by atoms with Gasteiger partial charge in [-0.25, -0.2) is 4.39 Å². The van der Waals surface area contributed by atoms with Gasteiger partial charge < -0.3 is 4.74 Å². The van der Waals surface area contributed by atoms with Crippen LogP contribution in [0.2, 0.25) is 5.02 Å². The highest BCUT2D eigenvalue weighted by Crippen LogP contribution is 2.35. The maximum Gasteiger partial charge on any atom is 0.573 e. The number of hydrogen-bond donors (Lipinski definition) is 0. The average molecular weight is 315 g/mol. The molecule has 108 valence electrons. The molecule has 0 saturated carbocycles. The van der Waals surface area contributed by atoms with Gasteiger partial charge in [0.25, 0.3) is 0 Å². The van der Waals surface area contributed by atoms with Gasteiger partial charge in [0.1, 0.15) is 11.6 Å². The Labute approximate surface area is 123 Å². The highest BCUT2D eigenvalue weighted by atomic mass is 35.5. The van der Waals surface area contributed by atoms with E-state index in [1.165, 1.54) is 24.3 Å². The van der Waals surface area contributed by atoms with Gasteiger partial charge in [0, 0.05) is 11.1 Å². The summed E-state index contributed by atoms with van der Waals surface area (Å²) in [6, 6.07) is 7.34. The van der Waals surface area contributed by atoms with Gasteiger partial charge in [0.2, 0.25) is 0 Å². The molecule has 0 spiro atoms. The van der Waals surface area contributed by atoms with Crippen molar-refractivity contribution in [2.75, 3.05) is 0 Å². The predicted octanol–water partition coefficient (Wildman–Crippen LogP) is 5.03. The smallest absolute Gasteiger partial charge is 0.405 e. The molecule has 6 heteroatoms. The van der Waals surface area contributed by atoms with Crippen molar-refractivity contribution in [3.63, 3.8) is 0 Å². The van der Waals surface area contributed by atoms with Crippen molar-refractivity contribution in [3.05, 3.63) is 52.8 Å². The lowest BCUT2D eigenvalue weighted by Crippen LogP contribution is -2.17. The van der Waals surface area contributed by atoms with Crippen molar-refractivity contribution in [2.45, 2.75) is 6.36 Å². The van der Waals surface area contributed by atoms with Gasteiger partial charge in [-0.05, 0) is 35.9 Å². The van der Waals surface area contributed by atoms with Crippen LogP contribution in [-0.2, 0) is 0 Å². The molecule has 1 nitrogen and oxygen atoms in total. The zero-order valence-corrected chi connectivity index (χ0v) is 11.1. The summed E-state index contributed by atoms with van der Waals surface area (Å²) in [7, 11) is 0. The topological polar surface area (TPSA) is 9.23 Å². The molecule has 0 unspecified atom stereocenters. The van der Waals surface area contributed by atoms with Gasteiger partial charge in [-0.15, -0.1) is 19.6 Å². The third-order valence-corrected chi connectivity index (χ3v) is 2.91. The van der Waals surface area contributed by atoms with Crippen molar-refractivity contribution in [2.24, 2.45) is 0 Å². The third kappa shape index (κ3) is 3.67. The molecule has 2 rings (SSSR count). The standard InChI is InChI=1S/C15H7ClF4O/c1-2-9-3-6-14(21-15(18,19)20)11(7-9)10-4-5-12(16)13(17)8-10/h1,3-8H. The average Bonchev–Trinajstić information content (AvgIpc) is 2.41. The quantitative estimate of drug-likeness (QED) is 0.558. The van der Waals surface area contributed by atoms with Crippen LogP contribution in [0.3, 0.4) is 0 Å². The summed E-state index contributed by atoms with van der Waals surface area (Å²) in [5, 5.41) is -0.134. The summed E-state index contributed by atoms with van der Waals surface area (Å²) >= 11 is 5.55. The highest BCUT2D eigenvalue weighted by Gasteiger charge is 2.32. The number of rotatable bonds is 2. The van der Waals surface area contributed by atoms with Crippen LogP contribution in [0, 0.1) is 18.2 Å². The van der Waals surface area contributed by atoms with Crippen molar-refractivity contribution >= 4 is 11.6 Å². The lowest BCUT2D eigenvalue weighted by Gasteiger charge is -2.14. The third-order valence-electron chi connectivity index (χ3n) is 2.60. The van der Waals surface area contributed by atoms with Crippen LogP contribution in [0.15, 0.2) is 36.4 Å². The molecule has 0 N–H and O–H groups in total. The summed E-state index contributed by atoms with van der Waals surface area (Å²) in [5.74, 6) is 1.08. The molecule has 0 aromatic heterocycles. The van der Waals surface area contributed by atoms with Crippen LogP contribution in [0.25, 0.3) is 11.1 Å². The number of hydrogen-bond acceptors (Lipinski definition) is 1. The lowest BCUT2D eigenvalue weighted by atomic mass is 10.0. The van der Waals surface area contributed by atoms with Crippen LogP contribution >= 0.6 is 11.6 Å². The molecule has 0 radical (unpaired) electrons. The van der Waals surface area contributed by atoms with E-state index in [-0.39, 0.29) is 16.1 Å². The first-order valence-corrected chi connectivity index (χ1v) is 6.00. The molecular weight excluding hydrogens is 308 g/mol. The highest BCUT2D eigenvalue weighted by molar-refractivity contribution is 6.30. The summed E-state index contributed by atoms with van der Waals surface area (Å²) in [5.41, 5.74) is 0.543. The summed E-state index contributed by atoms with van der Waals surface area (Å²) in [6.45, 7) is 0. The van der Waals surface area contributed by atoms with Gasteiger partial charge in [0.05, 0.1) is 5.02 Å². The Kier molecular flexibility index (Phi) is 4.10. The van der Waals surface area contributed by atoms with Crippen molar-refractivity contribution in [3.8, 4) is 29.2 Å². The first kappa shape index (κ1) is 15.2. The molecule has 0 aliphatic heterocycles. The first-order chi connectivity index (χ1) is 9.80. The van der Waals surface area contributed by atoms with Crippen molar-refractivity contribution in [1.82, 2.24) is 0 Å². The zero-order valence-electron chi connectivity index (χ0n) is 10.3. The van der Waals surface area contributed by atoms with Crippen LogP contribution in [-0.4, -0.2) is 6.36 Å². The predicted molar refractivity (Wildman–Crippen MR) is 71.5 cm³/mol. The molecule has 2 aromatic carbocycles. The van der Waals surface area contributed by atoms with Crippen LogP contribution < -0.4 is 4.74 Å². The molecule has 0 fully saturated rings. The molecule has 0 aliphatic carbocycles. The van der Waals surface area contributed by atoms with Gasteiger partial charge in [-0.2, -0.15) is 0 Å². The summed E-state index contributed by atoms with van der Waals surface area (Å²) < 4.78 is 54.6. The Morgan fingerprint density at radius 1 is 1.10 bits per heavy atom. The maximum atomic E-state index is 13.5. The molecule has 0 aliphatic rings. The second-order valence-electron chi connectivity index (χ2n) is 4.03. The number of benzene rings is 2. The Hall–Kier alpha value is -2.19. The fourth-order valence-corrected chi connectivity index (χ4v) is 1.84. The SMILES string of the molecule is C#Cc1ccc(OC(F)(F)F)c(-c2ccc(Cl)c(F)c2)c1. The normalized spacial score (nSPS) is 11.0. The molecule has 21 heavy (non-hydrogen) atoms. The van der Waals surface area contributed by atoms with Gasteiger partial charge in [-0.3, -0.25) is 0 Å². The Morgan fingerprint density at radius 2 is 1.81 bits per heavy atom. The fourth-order valence-electron chi connectivity index (χ4n) is 1.72. The molecule has 0 bridgehead atoms. The number of terminal acetylenes is 1. The Balaban J connectivity index is 2.58. The summed E-state index contributed by atoms with van der Waals surface area (Å²) in [6.07, 6.45) is 0.356. The zero-order chi connectivity index (χ0) is 15.6. The molecule has 2 aromatic rings. The van der Waals surface area contributed by atoms with E-state index in [2.05, 4.69) is 10.7 Å². The lowest BCUT2D eigenvalue weighted by molar-refractivity contribution is -0.274. The van der Waals surface area contributed by atoms with Crippen LogP contribution in [0.4, 0.5) is 17.6 Å². The van der Waals surface area contributed by atoms with Crippen molar-refractivity contribution in [1.29, 1.82) is 0 Å². The minimum Gasteiger partial charge on any atom is -0.405 e. The first-order valence-electron chi connectivity index (χ1n) is 5.62.